The van der Waals surface area contributed by atoms with Gasteiger partial charge < -0.3 is 20.1 Å². The topological polar surface area (TPSA) is 49.0 Å². The molecule has 2 N–H and O–H groups in total. The number of piperidine rings is 1. The summed E-state index contributed by atoms with van der Waals surface area (Å²) in [5, 5.41) is 7.29. The van der Waals surface area contributed by atoms with Gasteiger partial charge in [-0.05, 0) is 33.6 Å². The zero-order valence-corrected chi connectivity index (χ0v) is 16.2. The number of rotatable bonds is 4. The number of likely N-dealkylation sites (tertiary alicyclic amines) is 1. The summed E-state index contributed by atoms with van der Waals surface area (Å²) in [6.45, 7) is 15.2. The first kappa shape index (κ1) is 18.1. The minimum Gasteiger partial charge on any atom is -0.375 e. The van der Waals surface area contributed by atoms with E-state index < -0.39 is 0 Å². The van der Waals surface area contributed by atoms with Gasteiger partial charge in [0.05, 0.1) is 19.3 Å². The molecule has 0 radical (unpaired) electrons. The Hall–Kier alpha value is -0.240. The van der Waals surface area contributed by atoms with Crippen LogP contribution in [0.2, 0.25) is 0 Å². The summed E-state index contributed by atoms with van der Waals surface area (Å²) >= 11 is 0. The van der Waals surface area contributed by atoms with E-state index in [2.05, 4.69) is 41.2 Å². The zero-order chi connectivity index (χ0) is 17.4. The Bertz CT molecular complexity index is 457. The van der Waals surface area contributed by atoms with Crippen molar-refractivity contribution in [2.45, 2.75) is 69.5 Å². The van der Waals surface area contributed by atoms with E-state index in [0.717, 1.165) is 58.8 Å². The van der Waals surface area contributed by atoms with Crippen LogP contribution in [0.25, 0.3) is 0 Å². The van der Waals surface area contributed by atoms with Gasteiger partial charge in [-0.15, -0.1) is 0 Å². The van der Waals surface area contributed by atoms with Crippen LogP contribution in [-0.4, -0.2) is 98.2 Å². The molecule has 4 unspecified atom stereocenters. The van der Waals surface area contributed by atoms with Crippen LogP contribution < -0.4 is 10.6 Å². The second-order valence-corrected chi connectivity index (χ2v) is 8.91. The molecule has 4 aliphatic heterocycles. The van der Waals surface area contributed by atoms with Gasteiger partial charge in [-0.1, -0.05) is 0 Å². The predicted octanol–water partition coefficient (Wildman–Crippen LogP) is 0.279. The minimum atomic E-state index is 0.0925. The molecule has 6 heteroatoms. The van der Waals surface area contributed by atoms with Crippen molar-refractivity contribution in [3.05, 3.63) is 0 Å². The monoisotopic (exact) mass is 352 g/mol. The second kappa shape index (κ2) is 7.41. The maximum absolute atomic E-state index is 6.24. The van der Waals surface area contributed by atoms with Crippen LogP contribution in [0.3, 0.4) is 0 Å². The van der Waals surface area contributed by atoms with Crippen LogP contribution in [0.5, 0.6) is 0 Å². The molecule has 0 aromatic rings. The Morgan fingerprint density at radius 2 is 2.00 bits per heavy atom. The highest BCUT2D eigenvalue weighted by Crippen LogP contribution is 2.26. The maximum atomic E-state index is 6.24. The average Bonchev–Trinajstić information content (AvgIpc) is 2.59. The molecule has 4 saturated heterocycles. The van der Waals surface area contributed by atoms with Crippen LogP contribution in [0.15, 0.2) is 0 Å². The van der Waals surface area contributed by atoms with E-state index >= 15 is 0 Å². The molecule has 6 nitrogen and oxygen atoms in total. The van der Waals surface area contributed by atoms with Crippen LogP contribution in [0.1, 0.15) is 33.6 Å². The summed E-state index contributed by atoms with van der Waals surface area (Å²) in [4.78, 5) is 5.21. The van der Waals surface area contributed by atoms with Crippen molar-refractivity contribution in [2.75, 3.05) is 52.5 Å². The summed E-state index contributed by atoms with van der Waals surface area (Å²) in [6, 6.07) is 2.17. The van der Waals surface area contributed by atoms with Crippen molar-refractivity contribution >= 4 is 0 Å². The molecule has 4 atom stereocenters. The Labute approximate surface area is 152 Å². The molecular weight excluding hydrogens is 316 g/mol. The van der Waals surface area contributed by atoms with Gasteiger partial charge in [0.2, 0.25) is 0 Å². The summed E-state index contributed by atoms with van der Waals surface area (Å²) in [6.07, 6.45) is 2.74. The van der Waals surface area contributed by atoms with Crippen molar-refractivity contribution in [2.24, 2.45) is 0 Å². The van der Waals surface area contributed by atoms with Gasteiger partial charge in [-0.3, -0.25) is 9.80 Å². The van der Waals surface area contributed by atoms with Gasteiger partial charge in [0.25, 0.3) is 0 Å². The summed E-state index contributed by atoms with van der Waals surface area (Å²) in [5.41, 5.74) is 0.0925. The Balaban J connectivity index is 1.29. The van der Waals surface area contributed by atoms with Crippen molar-refractivity contribution in [3.8, 4) is 0 Å². The van der Waals surface area contributed by atoms with E-state index in [9.17, 15) is 0 Å². The molecule has 0 amide bonds. The molecule has 0 bridgehead atoms. The number of hydrogen-bond acceptors (Lipinski definition) is 6. The van der Waals surface area contributed by atoms with Gasteiger partial charge in [0.1, 0.15) is 5.60 Å². The highest BCUT2D eigenvalue weighted by Gasteiger charge is 2.43. The molecule has 0 aromatic carbocycles. The quantitative estimate of drug-likeness (QED) is 0.758. The van der Waals surface area contributed by atoms with Gasteiger partial charge in [-0.2, -0.15) is 0 Å². The standard InChI is InChI=1S/C19H36N4O2/c1-14(2)22-5-4-18-17(9-22)21-16(10-24-18)8-15(3)23-6-7-25-19(13-23)11-20-12-19/h14-18,20-21H,4-13H2,1-3H3. The number of nitrogens with one attached hydrogen (secondary N) is 2. The zero-order valence-electron chi connectivity index (χ0n) is 16.2. The molecule has 4 rings (SSSR count). The molecule has 1 spiro atoms. The number of hydrogen-bond donors (Lipinski definition) is 2. The van der Waals surface area contributed by atoms with E-state index in [1.807, 2.05) is 0 Å². The Morgan fingerprint density at radius 1 is 1.16 bits per heavy atom. The van der Waals surface area contributed by atoms with Gasteiger partial charge in [0.15, 0.2) is 0 Å². The first-order valence-electron chi connectivity index (χ1n) is 10.3. The lowest BCUT2D eigenvalue weighted by Gasteiger charge is -2.51. The van der Waals surface area contributed by atoms with Gasteiger partial charge in [0, 0.05) is 63.4 Å². The van der Waals surface area contributed by atoms with E-state index in [1.54, 1.807) is 0 Å². The molecule has 0 aromatic heterocycles. The molecule has 0 saturated carbocycles. The minimum absolute atomic E-state index is 0.0925. The number of morpholine rings is 2. The van der Waals surface area contributed by atoms with Crippen molar-refractivity contribution in [1.82, 2.24) is 20.4 Å². The third kappa shape index (κ3) is 3.89. The highest BCUT2D eigenvalue weighted by atomic mass is 16.5. The van der Waals surface area contributed by atoms with E-state index in [4.69, 9.17) is 9.47 Å². The molecule has 0 aliphatic carbocycles. The normalized spacial score (nSPS) is 37.7. The molecular formula is C19H36N4O2. The fraction of sp³-hybridized carbons (Fsp3) is 1.00. The van der Waals surface area contributed by atoms with Crippen molar-refractivity contribution in [1.29, 1.82) is 0 Å². The van der Waals surface area contributed by atoms with Crippen molar-refractivity contribution < 1.29 is 9.47 Å². The van der Waals surface area contributed by atoms with E-state index in [1.165, 1.54) is 6.54 Å². The predicted molar refractivity (Wildman–Crippen MR) is 99.0 cm³/mol. The largest absolute Gasteiger partial charge is 0.375 e. The van der Waals surface area contributed by atoms with Gasteiger partial charge >= 0.3 is 0 Å². The summed E-state index contributed by atoms with van der Waals surface area (Å²) in [5.74, 6) is 0. The SMILES string of the molecule is CC(C)N1CCC2OCC(CC(C)N3CCOC4(CNC4)C3)NC2C1. The van der Waals surface area contributed by atoms with Crippen LogP contribution in [0.4, 0.5) is 0 Å². The molecule has 4 fully saturated rings. The van der Waals surface area contributed by atoms with E-state index in [-0.39, 0.29) is 5.60 Å². The molecule has 4 aliphatic rings. The van der Waals surface area contributed by atoms with Crippen LogP contribution >= 0.6 is 0 Å². The fourth-order valence-corrected chi connectivity index (χ4v) is 4.94. The smallest absolute Gasteiger partial charge is 0.106 e. The second-order valence-electron chi connectivity index (χ2n) is 8.91. The first-order valence-corrected chi connectivity index (χ1v) is 10.3. The lowest BCUT2D eigenvalue weighted by atomic mass is 9.92. The highest BCUT2D eigenvalue weighted by molar-refractivity contribution is 5.00. The third-order valence-electron chi connectivity index (χ3n) is 6.69. The number of nitrogens with zero attached hydrogens (tertiary/aromatic N) is 2. The average molecular weight is 353 g/mol. The van der Waals surface area contributed by atoms with Crippen LogP contribution in [0, 0.1) is 0 Å². The molecule has 25 heavy (non-hydrogen) atoms. The number of fused-ring (bicyclic) bond motifs is 1. The number of ether oxygens (including phenoxy) is 2. The van der Waals surface area contributed by atoms with E-state index in [0.29, 0.717) is 30.3 Å². The Kier molecular flexibility index (Phi) is 5.38. The van der Waals surface area contributed by atoms with Crippen molar-refractivity contribution in [3.63, 3.8) is 0 Å². The molecule has 4 heterocycles. The maximum Gasteiger partial charge on any atom is 0.106 e. The van der Waals surface area contributed by atoms with Gasteiger partial charge in [-0.25, -0.2) is 0 Å². The first-order chi connectivity index (χ1) is 12.0. The lowest BCUT2D eigenvalue weighted by molar-refractivity contribution is -0.144. The third-order valence-corrected chi connectivity index (χ3v) is 6.69. The fourth-order valence-electron chi connectivity index (χ4n) is 4.94. The molecule has 144 valence electrons. The summed E-state index contributed by atoms with van der Waals surface area (Å²) in [7, 11) is 0. The van der Waals surface area contributed by atoms with Crippen LogP contribution in [-0.2, 0) is 9.47 Å². The lowest BCUT2D eigenvalue weighted by Crippen LogP contribution is -2.70. The summed E-state index contributed by atoms with van der Waals surface area (Å²) < 4.78 is 12.3. The Morgan fingerprint density at radius 3 is 2.72 bits per heavy atom.